The smallest absolute Gasteiger partial charge is 0.323 e. The van der Waals surface area contributed by atoms with E-state index in [0.717, 1.165) is 17.7 Å². The third-order valence-electron chi connectivity index (χ3n) is 4.28. The number of hydrogen-bond acceptors (Lipinski definition) is 4. The lowest BCUT2D eigenvalue weighted by molar-refractivity contribution is -0.116. The van der Waals surface area contributed by atoms with Crippen molar-refractivity contribution >= 4 is 29.0 Å². The first-order chi connectivity index (χ1) is 12.5. The average molecular weight is 355 g/mol. The Hall–Kier alpha value is -3.22. The fourth-order valence-corrected chi connectivity index (χ4v) is 2.97. The standard InChI is InChI=1S/C19H21N3O4/c1-12(23)22-9-8-13-4-5-14(10-17(13)22)20-19(24)21-16-7-6-15(25-2)11-18(16)26-3/h4-7,10-11H,8-9H2,1-3H3,(H2,20,21,24). The number of urea groups is 1. The summed E-state index contributed by atoms with van der Waals surface area (Å²) in [6.07, 6.45) is 0.824. The van der Waals surface area contributed by atoms with Crippen LogP contribution in [0.2, 0.25) is 0 Å². The van der Waals surface area contributed by atoms with E-state index in [1.165, 1.54) is 14.0 Å². The molecule has 2 aromatic carbocycles. The van der Waals surface area contributed by atoms with Crippen molar-refractivity contribution in [2.24, 2.45) is 0 Å². The van der Waals surface area contributed by atoms with Gasteiger partial charge >= 0.3 is 6.03 Å². The van der Waals surface area contributed by atoms with Crippen LogP contribution in [0.4, 0.5) is 21.9 Å². The summed E-state index contributed by atoms with van der Waals surface area (Å²) in [6, 6.07) is 10.3. The molecule has 7 heteroatoms. The van der Waals surface area contributed by atoms with Crippen LogP contribution in [0, 0.1) is 0 Å². The van der Waals surface area contributed by atoms with Gasteiger partial charge in [-0.2, -0.15) is 0 Å². The molecule has 0 fully saturated rings. The van der Waals surface area contributed by atoms with Gasteiger partial charge in [-0.1, -0.05) is 6.07 Å². The summed E-state index contributed by atoms with van der Waals surface area (Å²) in [5.41, 5.74) is 3.08. The van der Waals surface area contributed by atoms with Crippen LogP contribution in [0.15, 0.2) is 36.4 Å². The van der Waals surface area contributed by atoms with Crippen LogP contribution in [-0.4, -0.2) is 32.7 Å². The maximum absolute atomic E-state index is 12.3. The topological polar surface area (TPSA) is 79.9 Å². The minimum Gasteiger partial charge on any atom is -0.497 e. The number of amides is 3. The third-order valence-corrected chi connectivity index (χ3v) is 4.28. The first-order valence-electron chi connectivity index (χ1n) is 8.23. The molecular weight excluding hydrogens is 334 g/mol. The van der Waals surface area contributed by atoms with Gasteiger partial charge in [0.2, 0.25) is 5.91 Å². The molecule has 0 saturated carbocycles. The molecule has 3 rings (SSSR count). The fourth-order valence-electron chi connectivity index (χ4n) is 2.97. The highest BCUT2D eigenvalue weighted by atomic mass is 16.5. The fraction of sp³-hybridized carbons (Fsp3) is 0.263. The van der Waals surface area contributed by atoms with E-state index >= 15 is 0 Å². The number of methoxy groups -OCH3 is 2. The molecule has 0 unspecified atom stereocenters. The van der Waals surface area contributed by atoms with E-state index in [9.17, 15) is 9.59 Å². The summed E-state index contributed by atoms with van der Waals surface area (Å²) in [4.78, 5) is 25.8. The molecule has 1 heterocycles. The van der Waals surface area contributed by atoms with Crippen LogP contribution in [0.3, 0.4) is 0 Å². The van der Waals surface area contributed by atoms with Crippen LogP contribution in [0.5, 0.6) is 11.5 Å². The lowest BCUT2D eigenvalue weighted by atomic mass is 10.1. The number of anilines is 3. The van der Waals surface area contributed by atoms with E-state index in [-0.39, 0.29) is 5.91 Å². The molecule has 7 nitrogen and oxygen atoms in total. The van der Waals surface area contributed by atoms with Gasteiger partial charge in [0.1, 0.15) is 11.5 Å². The summed E-state index contributed by atoms with van der Waals surface area (Å²) < 4.78 is 10.4. The van der Waals surface area contributed by atoms with Crippen molar-refractivity contribution in [3.05, 3.63) is 42.0 Å². The summed E-state index contributed by atoms with van der Waals surface area (Å²) >= 11 is 0. The van der Waals surface area contributed by atoms with Gasteiger partial charge in [-0.05, 0) is 36.2 Å². The summed E-state index contributed by atoms with van der Waals surface area (Å²) in [5.74, 6) is 1.13. The number of carbonyl (C=O) groups is 2. The monoisotopic (exact) mass is 355 g/mol. The molecular formula is C19H21N3O4. The lowest BCUT2D eigenvalue weighted by Gasteiger charge is -2.16. The molecule has 0 radical (unpaired) electrons. The normalized spacial score (nSPS) is 12.3. The molecule has 0 aliphatic carbocycles. The van der Waals surface area contributed by atoms with Crippen molar-refractivity contribution < 1.29 is 19.1 Å². The van der Waals surface area contributed by atoms with Crippen LogP contribution in [0.1, 0.15) is 12.5 Å². The molecule has 1 aliphatic rings. The molecule has 1 aliphatic heterocycles. The molecule has 26 heavy (non-hydrogen) atoms. The predicted molar refractivity (Wildman–Crippen MR) is 100 cm³/mol. The number of hydrogen-bond donors (Lipinski definition) is 2. The maximum atomic E-state index is 12.3. The van der Waals surface area contributed by atoms with Crippen LogP contribution in [-0.2, 0) is 11.2 Å². The van der Waals surface area contributed by atoms with Crippen molar-refractivity contribution in [1.29, 1.82) is 0 Å². The number of nitrogens with one attached hydrogen (secondary N) is 2. The van der Waals surface area contributed by atoms with Crippen molar-refractivity contribution in [2.75, 3.05) is 36.3 Å². The first-order valence-corrected chi connectivity index (χ1v) is 8.23. The Morgan fingerprint density at radius 1 is 1.04 bits per heavy atom. The quantitative estimate of drug-likeness (QED) is 0.882. The largest absolute Gasteiger partial charge is 0.497 e. The molecule has 0 atom stereocenters. The van der Waals surface area contributed by atoms with Crippen molar-refractivity contribution in [2.45, 2.75) is 13.3 Å². The Morgan fingerprint density at radius 3 is 2.54 bits per heavy atom. The van der Waals surface area contributed by atoms with E-state index < -0.39 is 6.03 Å². The van der Waals surface area contributed by atoms with Crippen molar-refractivity contribution in [3.8, 4) is 11.5 Å². The van der Waals surface area contributed by atoms with Gasteiger partial charge in [0.25, 0.3) is 0 Å². The molecule has 0 spiro atoms. The van der Waals surface area contributed by atoms with E-state index in [1.807, 2.05) is 18.2 Å². The minimum absolute atomic E-state index is 0.00618. The number of benzene rings is 2. The van der Waals surface area contributed by atoms with Gasteiger partial charge in [0, 0.05) is 30.9 Å². The zero-order valence-corrected chi connectivity index (χ0v) is 15.0. The summed E-state index contributed by atoms with van der Waals surface area (Å²) in [6.45, 7) is 2.21. The Bertz CT molecular complexity index is 851. The molecule has 0 bridgehead atoms. The summed E-state index contributed by atoms with van der Waals surface area (Å²) in [5, 5.41) is 5.54. The van der Waals surface area contributed by atoms with Gasteiger partial charge < -0.3 is 25.0 Å². The maximum Gasteiger partial charge on any atom is 0.323 e. The van der Waals surface area contributed by atoms with Gasteiger partial charge in [-0.3, -0.25) is 4.79 Å². The van der Waals surface area contributed by atoms with Crippen LogP contribution < -0.4 is 25.0 Å². The Morgan fingerprint density at radius 2 is 1.85 bits per heavy atom. The van der Waals surface area contributed by atoms with Gasteiger partial charge in [-0.15, -0.1) is 0 Å². The van der Waals surface area contributed by atoms with E-state index in [1.54, 1.807) is 30.2 Å². The highest BCUT2D eigenvalue weighted by Crippen LogP contribution is 2.32. The molecule has 0 saturated heterocycles. The Balaban J connectivity index is 1.73. The Kier molecular flexibility index (Phi) is 4.97. The minimum atomic E-state index is -0.402. The second kappa shape index (κ2) is 7.35. The molecule has 2 N–H and O–H groups in total. The zero-order chi connectivity index (χ0) is 18.7. The molecule has 0 aromatic heterocycles. The van der Waals surface area contributed by atoms with Gasteiger partial charge in [-0.25, -0.2) is 4.79 Å². The van der Waals surface area contributed by atoms with Gasteiger partial charge in [0.05, 0.1) is 19.9 Å². The predicted octanol–water partition coefficient (Wildman–Crippen LogP) is 3.26. The molecule has 3 amide bonds. The van der Waals surface area contributed by atoms with Crippen molar-refractivity contribution in [1.82, 2.24) is 0 Å². The Labute approximate surface area is 151 Å². The number of carbonyl (C=O) groups excluding carboxylic acids is 2. The lowest BCUT2D eigenvalue weighted by Crippen LogP contribution is -2.26. The number of nitrogens with zero attached hydrogens (tertiary/aromatic N) is 1. The number of ether oxygens (including phenoxy) is 2. The van der Waals surface area contributed by atoms with Crippen LogP contribution >= 0.6 is 0 Å². The van der Waals surface area contributed by atoms with Crippen molar-refractivity contribution in [3.63, 3.8) is 0 Å². The molecule has 136 valence electrons. The van der Waals surface area contributed by atoms with E-state index in [4.69, 9.17) is 9.47 Å². The highest BCUT2D eigenvalue weighted by molar-refractivity contribution is 6.02. The van der Waals surface area contributed by atoms with E-state index in [0.29, 0.717) is 29.4 Å². The van der Waals surface area contributed by atoms with Gasteiger partial charge in [0.15, 0.2) is 0 Å². The average Bonchev–Trinajstić information content (AvgIpc) is 3.05. The summed E-state index contributed by atoms with van der Waals surface area (Å²) in [7, 11) is 3.08. The number of rotatable bonds is 4. The SMILES string of the molecule is COc1ccc(NC(=O)Nc2ccc3c(c2)N(C(C)=O)CC3)c(OC)c1. The van der Waals surface area contributed by atoms with E-state index in [2.05, 4.69) is 10.6 Å². The zero-order valence-electron chi connectivity index (χ0n) is 15.0. The highest BCUT2D eigenvalue weighted by Gasteiger charge is 2.22. The number of fused-ring (bicyclic) bond motifs is 1. The second-order valence-corrected chi connectivity index (χ2v) is 5.91. The third kappa shape index (κ3) is 3.56. The molecule has 2 aromatic rings. The first kappa shape index (κ1) is 17.6. The second-order valence-electron chi connectivity index (χ2n) is 5.91. The van der Waals surface area contributed by atoms with Crippen LogP contribution in [0.25, 0.3) is 0 Å².